The number of benzene rings is 4. The van der Waals surface area contributed by atoms with Gasteiger partial charge < -0.3 is 29.6 Å². The SMILES string of the molecule is Cc1cccc(S(=O)(=O)Oc2cccc(NC(=O)NCC3CCCC(CNC(=O)Nc4cccc(OS(=O)(=O)c5cccc(C)c5)c4)C3)c2)c1. The van der Waals surface area contributed by atoms with Gasteiger partial charge in [-0.25, -0.2) is 9.59 Å². The van der Waals surface area contributed by atoms with Gasteiger partial charge in [0.15, 0.2) is 0 Å². The molecule has 264 valence electrons. The van der Waals surface area contributed by atoms with Crippen LogP contribution in [-0.2, 0) is 20.2 Å². The van der Waals surface area contributed by atoms with Gasteiger partial charge in [-0.05, 0) is 105 Å². The average molecular weight is 721 g/mol. The van der Waals surface area contributed by atoms with Gasteiger partial charge in [-0.2, -0.15) is 16.8 Å². The lowest BCUT2D eigenvalue weighted by Gasteiger charge is -2.29. The number of aryl methyl sites for hydroxylation is 2. The Morgan fingerprint density at radius 2 is 1.04 bits per heavy atom. The lowest BCUT2D eigenvalue weighted by molar-refractivity contribution is 0.230. The Morgan fingerprint density at radius 3 is 1.46 bits per heavy atom. The molecule has 0 spiro atoms. The Morgan fingerprint density at radius 1 is 0.620 bits per heavy atom. The molecule has 1 fully saturated rings. The summed E-state index contributed by atoms with van der Waals surface area (Å²) < 4.78 is 61.3. The van der Waals surface area contributed by atoms with Gasteiger partial charge in [0.2, 0.25) is 0 Å². The van der Waals surface area contributed by atoms with Crippen molar-refractivity contribution in [2.45, 2.75) is 49.3 Å². The van der Waals surface area contributed by atoms with Crippen LogP contribution in [0.5, 0.6) is 11.5 Å². The molecule has 0 saturated heterocycles. The third kappa shape index (κ3) is 10.5. The molecule has 1 aliphatic rings. The summed E-state index contributed by atoms with van der Waals surface area (Å²) in [5.41, 5.74) is 2.32. The summed E-state index contributed by atoms with van der Waals surface area (Å²) in [5, 5.41) is 11.2. The van der Waals surface area contributed by atoms with Gasteiger partial charge in [0.25, 0.3) is 0 Å². The summed E-state index contributed by atoms with van der Waals surface area (Å²) in [6.07, 6.45) is 3.62. The van der Waals surface area contributed by atoms with Crippen molar-refractivity contribution in [2.75, 3.05) is 23.7 Å². The van der Waals surface area contributed by atoms with Crippen LogP contribution in [0, 0.1) is 25.7 Å². The van der Waals surface area contributed by atoms with E-state index in [9.17, 15) is 26.4 Å². The first-order chi connectivity index (χ1) is 23.8. The molecular weight excluding hydrogens is 681 g/mol. The summed E-state index contributed by atoms with van der Waals surface area (Å²) in [6, 6.07) is 24.3. The summed E-state index contributed by atoms with van der Waals surface area (Å²) in [4.78, 5) is 25.4. The van der Waals surface area contributed by atoms with Crippen molar-refractivity contribution >= 4 is 43.7 Å². The van der Waals surface area contributed by atoms with Crippen LogP contribution in [0.1, 0.15) is 36.8 Å². The highest BCUT2D eigenvalue weighted by atomic mass is 32.2. The van der Waals surface area contributed by atoms with Gasteiger partial charge in [-0.1, -0.05) is 42.8 Å². The number of amides is 4. The van der Waals surface area contributed by atoms with E-state index in [1.807, 2.05) is 0 Å². The molecule has 4 N–H and O–H groups in total. The molecule has 0 aliphatic heterocycles. The number of carbonyl (C=O) groups is 2. The summed E-state index contributed by atoms with van der Waals surface area (Å²) in [6.45, 7) is 4.45. The van der Waals surface area contributed by atoms with Crippen LogP contribution >= 0.6 is 0 Å². The number of nitrogens with one attached hydrogen (secondary N) is 4. The quantitative estimate of drug-likeness (QED) is 0.119. The Kier molecular flexibility index (Phi) is 11.6. The van der Waals surface area contributed by atoms with E-state index < -0.39 is 32.3 Å². The van der Waals surface area contributed by atoms with Crippen molar-refractivity contribution in [1.82, 2.24) is 10.6 Å². The number of hydrogen-bond acceptors (Lipinski definition) is 8. The number of urea groups is 2. The molecule has 2 unspecified atom stereocenters. The number of hydrogen-bond donors (Lipinski definition) is 4. The molecule has 4 aromatic rings. The van der Waals surface area contributed by atoms with Crippen molar-refractivity contribution in [3.63, 3.8) is 0 Å². The van der Waals surface area contributed by atoms with E-state index in [1.54, 1.807) is 62.4 Å². The molecule has 4 aromatic carbocycles. The molecular formula is C36H40N4O8S2. The number of rotatable bonds is 12. The van der Waals surface area contributed by atoms with Crippen LogP contribution in [0.15, 0.2) is 107 Å². The minimum Gasteiger partial charge on any atom is -0.379 e. The maximum absolute atomic E-state index is 12.7. The first-order valence-corrected chi connectivity index (χ1v) is 19.0. The van der Waals surface area contributed by atoms with Crippen LogP contribution in [0.25, 0.3) is 0 Å². The highest BCUT2D eigenvalue weighted by Crippen LogP contribution is 2.29. The summed E-state index contributed by atoms with van der Waals surface area (Å²) in [5.74, 6) is 0.566. The zero-order valence-electron chi connectivity index (χ0n) is 27.7. The van der Waals surface area contributed by atoms with E-state index in [2.05, 4.69) is 21.3 Å². The second-order valence-corrected chi connectivity index (χ2v) is 15.4. The molecule has 0 bridgehead atoms. The minimum absolute atomic E-state index is 0.0415. The zero-order valence-corrected chi connectivity index (χ0v) is 29.4. The fourth-order valence-corrected chi connectivity index (χ4v) is 7.80. The smallest absolute Gasteiger partial charge is 0.339 e. The minimum atomic E-state index is -4.04. The Hall–Kier alpha value is -5.08. The first kappa shape index (κ1) is 36.2. The standard InChI is InChI=1S/C36H40N4O8S2/c1-25-8-3-16-33(18-25)49(43,44)47-31-14-6-12-29(21-31)39-35(41)37-23-27-10-5-11-28(20-27)24-38-36(42)40-30-13-7-15-32(22-30)48-50(45,46)34-17-4-9-26(2)19-34/h3-4,6-9,12-19,21-22,27-28H,5,10-11,20,23-24H2,1-2H3,(H2,37,39,41)(H2,38,40,42). The second kappa shape index (κ2) is 16.1. The van der Waals surface area contributed by atoms with Gasteiger partial charge in [0.1, 0.15) is 21.3 Å². The second-order valence-electron chi connectivity index (χ2n) is 12.3. The van der Waals surface area contributed by atoms with Crippen molar-refractivity contribution in [1.29, 1.82) is 0 Å². The monoisotopic (exact) mass is 720 g/mol. The van der Waals surface area contributed by atoms with Gasteiger partial charge in [-0.3, -0.25) is 0 Å². The molecule has 1 saturated carbocycles. The van der Waals surface area contributed by atoms with Crippen LogP contribution in [0.2, 0.25) is 0 Å². The lowest BCUT2D eigenvalue weighted by atomic mass is 9.81. The van der Waals surface area contributed by atoms with Crippen LogP contribution in [0.4, 0.5) is 21.0 Å². The normalized spacial score (nSPS) is 16.1. The molecule has 2 atom stereocenters. The van der Waals surface area contributed by atoms with Gasteiger partial charge in [-0.15, -0.1) is 0 Å². The van der Waals surface area contributed by atoms with Crippen LogP contribution < -0.4 is 29.6 Å². The van der Waals surface area contributed by atoms with Crippen molar-refractivity contribution in [2.24, 2.45) is 11.8 Å². The highest BCUT2D eigenvalue weighted by Gasteiger charge is 2.23. The van der Waals surface area contributed by atoms with E-state index in [0.29, 0.717) is 24.5 Å². The summed E-state index contributed by atoms with van der Waals surface area (Å²) >= 11 is 0. The zero-order chi connectivity index (χ0) is 35.7. The molecule has 14 heteroatoms. The van der Waals surface area contributed by atoms with Gasteiger partial charge in [0.05, 0.1) is 0 Å². The van der Waals surface area contributed by atoms with E-state index in [0.717, 1.165) is 36.8 Å². The number of carbonyl (C=O) groups excluding carboxylic acids is 2. The summed E-state index contributed by atoms with van der Waals surface area (Å²) in [7, 11) is -8.08. The van der Waals surface area contributed by atoms with Crippen LogP contribution in [-0.4, -0.2) is 42.0 Å². The third-order valence-corrected chi connectivity index (χ3v) is 10.6. The Balaban J connectivity index is 1.05. The first-order valence-electron chi connectivity index (χ1n) is 16.2. The molecule has 12 nitrogen and oxygen atoms in total. The topological polar surface area (TPSA) is 169 Å². The molecule has 0 radical (unpaired) electrons. The molecule has 50 heavy (non-hydrogen) atoms. The fraction of sp³-hybridized carbons (Fsp3) is 0.278. The molecule has 4 amide bonds. The highest BCUT2D eigenvalue weighted by molar-refractivity contribution is 7.87. The predicted octanol–water partition coefficient (Wildman–Crippen LogP) is 6.59. The van der Waals surface area contributed by atoms with E-state index in [-0.39, 0.29) is 33.1 Å². The average Bonchev–Trinajstić information content (AvgIpc) is 3.07. The van der Waals surface area contributed by atoms with Gasteiger partial charge >= 0.3 is 32.3 Å². The lowest BCUT2D eigenvalue weighted by Crippen LogP contribution is -2.38. The van der Waals surface area contributed by atoms with Gasteiger partial charge in [0, 0.05) is 36.6 Å². The van der Waals surface area contributed by atoms with Crippen molar-refractivity contribution in [3.05, 3.63) is 108 Å². The maximum Gasteiger partial charge on any atom is 0.339 e. The molecule has 1 aliphatic carbocycles. The largest absolute Gasteiger partial charge is 0.379 e. The molecule has 5 rings (SSSR count). The third-order valence-electron chi connectivity index (χ3n) is 8.15. The fourth-order valence-electron chi connectivity index (χ4n) is 5.74. The van der Waals surface area contributed by atoms with Crippen molar-refractivity contribution < 1.29 is 34.8 Å². The molecule has 0 aromatic heterocycles. The molecule has 0 heterocycles. The van der Waals surface area contributed by atoms with E-state index >= 15 is 0 Å². The van der Waals surface area contributed by atoms with Crippen molar-refractivity contribution in [3.8, 4) is 11.5 Å². The van der Waals surface area contributed by atoms with E-state index in [4.69, 9.17) is 8.37 Å². The number of anilines is 2. The maximum atomic E-state index is 12.7. The Labute approximate surface area is 292 Å². The van der Waals surface area contributed by atoms with Crippen LogP contribution in [0.3, 0.4) is 0 Å². The van der Waals surface area contributed by atoms with E-state index in [1.165, 1.54) is 48.5 Å². The Bertz CT molecular complexity index is 1910. The predicted molar refractivity (Wildman–Crippen MR) is 190 cm³/mol.